The van der Waals surface area contributed by atoms with Crippen molar-refractivity contribution in [3.05, 3.63) is 0 Å². The molecule has 3 fully saturated rings. The smallest absolute Gasteiger partial charge is 0.223 e. The predicted molar refractivity (Wildman–Crippen MR) is 92.4 cm³/mol. The van der Waals surface area contributed by atoms with Crippen molar-refractivity contribution in [2.45, 2.75) is 89.3 Å². The van der Waals surface area contributed by atoms with Gasteiger partial charge < -0.3 is 10.1 Å². The largest absolute Gasteiger partial charge is 0.378 e. The van der Waals surface area contributed by atoms with E-state index >= 15 is 0 Å². The number of amides is 1. The van der Waals surface area contributed by atoms with Crippen LogP contribution >= 0.6 is 0 Å². The Morgan fingerprint density at radius 2 is 1.96 bits per heavy atom. The minimum absolute atomic E-state index is 0.166. The fraction of sp³-hybridized carbons (Fsp3) is 0.947. The Balaban J connectivity index is 1.47. The fourth-order valence-corrected chi connectivity index (χ4v) is 4.62. The van der Waals surface area contributed by atoms with Gasteiger partial charge in [-0.15, -0.1) is 0 Å². The van der Waals surface area contributed by atoms with Gasteiger partial charge in [-0.1, -0.05) is 26.2 Å². The number of hydrogen-bond donors (Lipinski definition) is 1. The second-order valence-corrected chi connectivity index (χ2v) is 7.76. The molecule has 0 aromatic carbocycles. The summed E-state index contributed by atoms with van der Waals surface area (Å²) >= 11 is 0. The molecule has 0 aromatic heterocycles. The van der Waals surface area contributed by atoms with Crippen LogP contribution in [-0.2, 0) is 9.53 Å². The van der Waals surface area contributed by atoms with E-state index in [0.717, 1.165) is 44.9 Å². The Morgan fingerprint density at radius 3 is 2.74 bits per heavy atom. The Kier molecular flexibility index (Phi) is 6.35. The molecule has 3 rings (SSSR count). The summed E-state index contributed by atoms with van der Waals surface area (Å²) in [7, 11) is 0. The third-order valence-corrected chi connectivity index (χ3v) is 6.08. The maximum atomic E-state index is 12.6. The molecule has 132 valence electrons. The topological polar surface area (TPSA) is 41.6 Å². The molecule has 23 heavy (non-hydrogen) atoms. The van der Waals surface area contributed by atoms with E-state index < -0.39 is 0 Å². The number of nitrogens with one attached hydrogen (secondary N) is 1. The molecular formula is C19H34N2O2. The molecule has 1 aliphatic carbocycles. The van der Waals surface area contributed by atoms with Gasteiger partial charge in [-0.3, -0.25) is 9.69 Å². The monoisotopic (exact) mass is 322 g/mol. The second kappa shape index (κ2) is 8.48. The van der Waals surface area contributed by atoms with E-state index in [-0.39, 0.29) is 17.9 Å². The van der Waals surface area contributed by atoms with Crippen molar-refractivity contribution in [2.24, 2.45) is 5.92 Å². The number of piperidine rings is 1. The zero-order valence-electron chi connectivity index (χ0n) is 14.8. The average Bonchev–Trinajstić information content (AvgIpc) is 2.63. The van der Waals surface area contributed by atoms with Crippen LogP contribution in [0, 0.1) is 5.92 Å². The van der Waals surface area contributed by atoms with Gasteiger partial charge in [-0.25, -0.2) is 0 Å². The summed E-state index contributed by atoms with van der Waals surface area (Å²) in [5.41, 5.74) is 0. The Morgan fingerprint density at radius 1 is 1.13 bits per heavy atom. The second-order valence-electron chi connectivity index (χ2n) is 7.76. The molecule has 4 heteroatoms. The number of ether oxygens (including phenoxy) is 1. The summed E-state index contributed by atoms with van der Waals surface area (Å²) in [5.74, 6) is 0.445. The van der Waals surface area contributed by atoms with E-state index in [1.165, 1.54) is 45.1 Å². The van der Waals surface area contributed by atoms with Gasteiger partial charge in [0.15, 0.2) is 0 Å². The van der Waals surface area contributed by atoms with E-state index in [4.69, 9.17) is 4.74 Å². The Hall–Kier alpha value is -0.610. The van der Waals surface area contributed by atoms with E-state index in [0.29, 0.717) is 6.04 Å². The molecule has 3 aliphatic rings. The minimum Gasteiger partial charge on any atom is -0.378 e. The van der Waals surface area contributed by atoms with Crippen LogP contribution in [0.3, 0.4) is 0 Å². The van der Waals surface area contributed by atoms with Gasteiger partial charge in [-0.2, -0.15) is 0 Å². The van der Waals surface area contributed by atoms with Gasteiger partial charge in [0.2, 0.25) is 5.91 Å². The van der Waals surface area contributed by atoms with Gasteiger partial charge in [0.1, 0.15) is 0 Å². The highest BCUT2D eigenvalue weighted by atomic mass is 16.5. The summed E-state index contributed by atoms with van der Waals surface area (Å²) in [5, 5.41) is 3.37. The molecule has 0 radical (unpaired) electrons. The highest BCUT2D eigenvalue weighted by Crippen LogP contribution is 2.26. The number of carbonyl (C=O) groups excluding carboxylic acids is 1. The first-order valence-electron chi connectivity index (χ1n) is 9.92. The maximum absolute atomic E-state index is 12.6. The summed E-state index contributed by atoms with van der Waals surface area (Å²) in [6, 6.07) is 1.14. The number of hydrogen-bond acceptors (Lipinski definition) is 3. The van der Waals surface area contributed by atoms with Crippen molar-refractivity contribution in [1.82, 2.24) is 10.2 Å². The highest BCUT2D eigenvalue weighted by Gasteiger charge is 2.31. The molecule has 2 aliphatic heterocycles. The van der Waals surface area contributed by atoms with Crippen molar-refractivity contribution in [1.29, 1.82) is 0 Å². The third kappa shape index (κ3) is 4.69. The predicted octanol–water partition coefficient (Wildman–Crippen LogP) is 3.10. The van der Waals surface area contributed by atoms with Gasteiger partial charge in [0.25, 0.3) is 0 Å². The van der Waals surface area contributed by atoms with E-state index in [1.54, 1.807) is 0 Å². The number of likely N-dealkylation sites (tertiary alicyclic amines) is 1. The zero-order chi connectivity index (χ0) is 16.1. The van der Waals surface area contributed by atoms with Gasteiger partial charge in [0, 0.05) is 31.2 Å². The lowest BCUT2D eigenvalue weighted by atomic mass is 9.91. The molecule has 0 aromatic rings. The normalized spacial score (nSPS) is 34.2. The van der Waals surface area contributed by atoms with Crippen molar-refractivity contribution >= 4 is 5.91 Å². The van der Waals surface area contributed by atoms with Crippen molar-refractivity contribution < 1.29 is 9.53 Å². The lowest BCUT2D eigenvalue weighted by Crippen LogP contribution is -2.52. The lowest BCUT2D eigenvalue weighted by molar-refractivity contribution is -0.131. The molecule has 1 saturated carbocycles. The maximum Gasteiger partial charge on any atom is 0.223 e. The van der Waals surface area contributed by atoms with Crippen LogP contribution in [0.4, 0.5) is 0 Å². The van der Waals surface area contributed by atoms with E-state index in [1.807, 2.05) is 0 Å². The first kappa shape index (κ1) is 17.2. The van der Waals surface area contributed by atoms with Gasteiger partial charge >= 0.3 is 0 Å². The third-order valence-electron chi connectivity index (χ3n) is 6.08. The summed E-state index contributed by atoms with van der Waals surface area (Å²) in [6.45, 7) is 5.19. The van der Waals surface area contributed by atoms with E-state index in [9.17, 15) is 4.79 Å². The van der Waals surface area contributed by atoms with Crippen LogP contribution in [-0.4, -0.2) is 48.7 Å². The van der Waals surface area contributed by atoms with Gasteiger partial charge in [-0.05, 0) is 51.5 Å². The molecule has 0 spiro atoms. The van der Waals surface area contributed by atoms with Crippen LogP contribution in [0.15, 0.2) is 0 Å². The summed E-state index contributed by atoms with van der Waals surface area (Å²) in [6.07, 6.45) is 12.4. The average molecular weight is 322 g/mol. The van der Waals surface area contributed by atoms with Crippen LogP contribution in [0.5, 0.6) is 0 Å². The fourth-order valence-electron chi connectivity index (χ4n) is 4.62. The Bertz CT molecular complexity index is 382. The lowest BCUT2D eigenvalue weighted by Gasteiger charge is -2.40. The van der Waals surface area contributed by atoms with Crippen LogP contribution in [0.2, 0.25) is 0 Å². The number of carbonyl (C=O) groups is 1. The quantitative estimate of drug-likeness (QED) is 0.865. The number of nitrogens with zero attached hydrogens (tertiary/aromatic N) is 1. The molecule has 2 heterocycles. The molecule has 1 N–H and O–H groups in total. The standard InChI is InChI=1S/C19H34N2O2/c1-2-18-13-15(10-12-23-18)19(22)20-16-7-6-11-21(14-16)17-8-4-3-5-9-17/h15-18H,2-14H2,1H3,(H,20,22)/t15-,16-,18-/m1/s1. The van der Waals surface area contributed by atoms with Crippen molar-refractivity contribution in [3.63, 3.8) is 0 Å². The van der Waals surface area contributed by atoms with Crippen LogP contribution in [0.1, 0.15) is 71.1 Å². The molecule has 2 saturated heterocycles. The molecule has 4 nitrogen and oxygen atoms in total. The van der Waals surface area contributed by atoms with Crippen LogP contribution < -0.4 is 5.32 Å². The number of rotatable bonds is 4. The SMILES string of the molecule is CC[C@@H]1C[C@H](C(=O)N[C@@H]2CCCN(C3CCCCC3)C2)CCO1. The first-order chi connectivity index (χ1) is 11.3. The molecule has 0 bridgehead atoms. The molecular weight excluding hydrogens is 288 g/mol. The first-order valence-corrected chi connectivity index (χ1v) is 9.92. The Labute approximate surface area is 141 Å². The van der Waals surface area contributed by atoms with Gasteiger partial charge in [0.05, 0.1) is 6.10 Å². The zero-order valence-corrected chi connectivity index (χ0v) is 14.8. The highest BCUT2D eigenvalue weighted by molar-refractivity contribution is 5.79. The molecule has 1 amide bonds. The van der Waals surface area contributed by atoms with E-state index in [2.05, 4.69) is 17.1 Å². The molecule has 3 atom stereocenters. The summed E-state index contributed by atoms with van der Waals surface area (Å²) < 4.78 is 5.71. The molecule has 0 unspecified atom stereocenters. The van der Waals surface area contributed by atoms with Crippen molar-refractivity contribution in [2.75, 3.05) is 19.7 Å². The van der Waals surface area contributed by atoms with Crippen molar-refractivity contribution in [3.8, 4) is 0 Å². The van der Waals surface area contributed by atoms with Crippen LogP contribution in [0.25, 0.3) is 0 Å². The summed E-state index contributed by atoms with van der Waals surface area (Å²) in [4.78, 5) is 15.3. The minimum atomic E-state index is 0.166.